The smallest absolute Gasteiger partial charge is 0.260 e. The number of hydrogen-bond donors (Lipinski definition) is 0. The van der Waals surface area contributed by atoms with Crippen LogP contribution in [0.5, 0.6) is 5.75 Å². The Balaban J connectivity index is 1.81. The van der Waals surface area contributed by atoms with Crippen molar-refractivity contribution in [2.45, 2.75) is 26.7 Å². The van der Waals surface area contributed by atoms with E-state index in [0.717, 1.165) is 0 Å². The average molecular weight is 371 g/mol. The first-order valence-corrected chi connectivity index (χ1v) is 8.98. The number of rotatable bonds is 6. The van der Waals surface area contributed by atoms with Gasteiger partial charge in [-0.1, -0.05) is 11.6 Å². The first-order chi connectivity index (χ1) is 12.0. The third-order valence-corrected chi connectivity index (χ3v) is 4.82. The van der Waals surface area contributed by atoms with Crippen LogP contribution >= 0.6 is 11.6 Å². The summed E-state index contributed by atoms with van der Waals surface area (Å²) in [4.78, 5) is 28.1. The fraction of sp³-hybridized carbons (Fsp3) is 0.556. The van der Waals surface area contributed by atoms with Gasteiger partial charge in [-0.2, -0.15) is 0 Å². The zero-order valence-corrected chi connectivity index (χ0v) is 15.4. The van der Waals surface area contributed by atoms with Gasteiger partial charge in [0, 0.05) is 38.2 Å². The molecule has 25 heavy (non-hydrogen) atoms. The molecule has 0 aromatic heterocycles. The van der Waals surface area contributed by atoms with E-state index >= 15 is 0 Å². The highest BCUT2D eigenvalue weighted by atomic mass is 35.5. The van der Waals surface area contributed by atoms with E-state index in [1.807, 2.05) is 18.7 Å². The molecule has 0 atom stereocenters. The third-order valence-electron chi connectivity index (χ3n) is 4.53. The molecular weight excluding hydrogens is 347 g/mol. The lowest BCUT2D eigenvalue weighted by Crippen LogP contribution is -2.45. The second-order valence-corrected chi connectivity index (χ2v) is 6.44. The molecular formula is C18H24ClFN2O3. The van der Waals surface area contributed by atoms with Crippen LogP contribution in [0.1, 0.15) is 26.7 Å². The number of nitrogens with zero attached hydrogens (tertiary/aromatic N) is 2. The van der Waals surface area contributed by atoms with E-state index in [4.69, 9.17) is 16.3 Å². The molecule has 1 aliphatic rings. The second kappa shape index (κ2) is 9.04. The molecule has 1 aliphatic heterocycles. The van der Waals surface area contributed by atoms with Gasteiger partial charge in [-0.15, -0.1) is 0 Å². The largest absolute Gasteiger partial charge is 0.484 e. The lowest BCUT2D eigenvalue weighted by Gasteiger charge is -2.33. The number of ether oxygens (including phenoxy) is 1. The lowest BCUT2D eigenvalue weighted by atomic mass is 9.95. The van der Waals surface area contributed by atoms with Crippen molar-refractivity contribution < 1.29 is 18.7 Å². The van der Waals surface area contributed by atoms with Gasteiger partial charge in [-0.25, -0.2) is 4.39 Å². The number of likely N-dealkylation sites (tertiary alicyclic amines) is 1. The Kier molecular flexibility index (Phi) is 7.05. The molecule has 1 aromatic rings. The van der Waals surface area contributed by atoms with Gasteiger partial charge in [-0.3, -0.25) is 9.59 Å². The molecule has 0 unspecified atom stereocenters. The summed E-state index contributed by atoms with van der Waals surface area (Å²) in [5, 5.41) is -0.0410. The van der Waals surface area contributed by atoms with E-state index in [1.54, 1.807) is 4.90 Å². The summed E-state index contributed by atoms with van der Waals surface area (Å²) in [5.74, 6) is -0.157. The van der Waals surface area contributed by atoms with Gasteiger partial charge in [0.05, 0.1) is 5.02 Å². The van der Waals surface area contributed by atoms with Crippen LogP contribution in [0.4, 0.5) is 4.39 Å². The molecule has 2 rings (SSSR count). The van der Waals surface area contributed by atoms with E-state index in [1.165, 1.54) is 18.2 Å². The number of hydrogen-bond acceptors (Lipinski definition) is 3. The Morgan fingerprint density at radius 1 is 1.28 bits per heavy atom. The molecule has 0 spiro atoms. The summed E-state index contributed by atoms with van der Waals surface area (Å²) < 4.78 is 18.5. The van der Waals surface area contributed by atoms with Gasteiger partial charge in [0.1, 0.15) is 11.6 Å². The number of halogens is 2. The van der Waals surface area contributed by atoms with E-state index in [9.17, 15) is 14.0 Å². The van der Waals surface area contributed by atoms with Crippen molar-refractivity contribution >= 4 is 23.4 Å². The fourth-order valence-electron chi connectivity index (χ4n) is 2.97. The summed E-state index contributed by atoms with van der Waals surface area (Å²) in [6.07, 6.45) is 1.34. The van der Waals surface area contributed by atoms with Gasteiger partial charge < -0.3 is 14.5 Å². The topological polar surface area (TPSA) is 49.9 Å². The van der Waals surface area contributed by atoms with Crippen molar-refractivity contribution in [1.29, 1.82) is 0 Å². The van der Waals surface area contributed by atoms with E-state index in [-0.39, 0.29) is 29.4 Å². The van der Waals surface area contributed by atoms with Crippen LogP contribution in [0.3, 0.4) is 0 Å². The summed E-state index contributed by atoms with van der Waals surface area (Å²) in [6, 6.07) is 3.98. The molecule has 0 saturated carbocycles. The van der Waals surface area contributed by atoms with Crippen molar-refractivity contribution in [3.05, 3.63) is 29.0 Å². The summed E-state index contributed by atoms with van der Waals surface area (Å²) in [5.41, 5.74) is 0. The number of carbonyl (C=O) groups is 2. The quantitative estimate of drug-likeness (QED) is 0.773. The van der Waals surface area contributed by atoms with Crippen molar-refractivity contribution in [3.63, 3.8) is 0 Å². The summed E-state index contributed by atoms with van der Waals surface area (Å²) >= 11 is 5.69. The molecule has 1 aromatic carbocycles. The Morgan fingerprint density at radius 2 is 1.92 bits per heavy atom. The van der Waals surface area contributed by atoms with Crippen LogP contribution in [-0.4, -0.2) is 54.4 Å². The van der Waals surface area contributed by atoms with Crippen LogP contribution < -0.4 is 4.74 Å². The maximum absolute atomic E-state index is 13.1. The van der Waals surface area contributed by atoms with Crippen LogP contribution in [0, 0.1) is 11.7 Å². The summed E-state index contributed by atoms with van der Waals surface area (Å²) in [6.45, 7) is 6.33. The molecule has 2 amide bonds. The van der Waals surface area contributed by atoms with Crippen LogP contribution in [0.25, 0.3) is 0 Å². The molecule has 7 heteroatoms. The zero-order chi connectivity index (χ0) is 18.4. The third kappa shape index (κ3) is 5.08. The SMILES string of the molecule is CCN(CC)C(=O)C1CCN(C(=O)COc2ccc(F)c(Cl)c2)CC1. The first kappa shape index (κ1) is 19.5. The minimum absolute atomic E-state index is 0.0132. The van der Waals surface area contributed by atoms with Gasteiger partial charge in [0.2, 0.25) is 5.91 Å². The first-order valence-electron chi connectivity index (χ1n) is 8.60. The molecule has 1 fully saturated rings. The molecule has 0 radical (unpaired) electrons. The maximum Gasteiger partial charge on any atom is 0.260 e. The van der Waals surface area contributed by atoms with E-state index < -0.39 is 5.82 Å². The standard InChI is InChI=1S/C18H24ClFN2O3/c1-3-21(4-2)18(24)13-7-9-22(10-8-13)17(23)12-25-14-5-6-16(20)15(19)11-14/h5-6,11,13H,3-4,7-10,12H2,1-2H3. The highest BCUT2D eigenvalue weighted by molar-refractivity contribution is 6.30. The molecule has 0 aliphatic carbocycles. The Bertz CT molecular complexity index is 614. The van der Waals surface area contributed by atoms with Crippen molar-refractivity contribution in [1.82, 2.24) is 9.80 Å². The maximum atomic E-state index is 13.1. The molecule has 1 heterocycles. The minimum Gasteiger partial charge on any atom is -0.484 e. The zero-order valence-electron chi connectivity index (χ0n) is 14.6. The van der Waals surface area contributed by atoms with E-state index in [0.29, 0.717) is 44.8 Å². The van der Waals surface area contributed by atoms with Crippen molar-refractivity contribution in [2.75, 3.05) is 32.8 Å². The Morgan fingerprint density at radius 3 is 2.48 bits per heavy atom. The predicted octanol–water partition coefficient (Wildman–Crippen LogP) is 2.96. The van der Waals surface area contributed by atoms with Crippen molar-refractivity contribution in [2.24, 2.45) is 5.92 Å². The van der Waals surface area contributed by atoms with Gasteiger partial charge in [0.15, 0.2) is 6.61 Å². The van der Waals surface area contributed by atoms with Crippen molar-refractivity contribution in [3.8, 4) is 5.75 Å². The minimum atomic E-state index is -0.528. The van der Waals surface area contributed by atoms with Crippen LogP contribution in [0.15, 0.2) is 18.2 Å². The molecule has 138 valence electrons. The normalized spacial score (nSPS) is 15.1. The highest BCUT2D eigenvalue weighted by Crippen LogP contribution is 2.22. The molecule has 0 N–H and O–H groups in total. The monoisotopic (exact) mass is 370 g/mol. The lowest BCUT2D eigenvalue weighted by molar-refractivity contribution is -0.141. The number of benzene rings is 1. The predicted molar refractivity (Wildman–Crippen MR) is 94.1 cm³/mol. The fourth-order valence-corrected chi connectivity index (χ4v) is 3.14. The second-order valence-electron chi connectivity index (χ2n) is 6.03. The highest BCUT2D eigenvalue weighted by Gasteiger charge is 2.29. The number of carbonyl (C=O) groups excluding carboxylic acids is 2. The Hall–Kier alpha value is -1.82. The van der Waals surface area contributed by atoms with Gasteiger partial charge >= 0.3 is 0 Å². The number of amides is 2. The molecule has 1 saturated heterocycles. The molecule has 5 nitrogen and oxygen atoms in total. The Labute approximate surface area is 152 Å². The van der Waals surface area contributed by atoms with E-state index in [2.05, 4.69) is 0 Å². The summed E-state index contributed by atoms with van der Waals surface area (Å²) in [7, 11) is 0. The van der Waals surface area contributed by atoms with Gasteiger partial charge in [0.25, 0.3) is 5.91 Å². The van der Waals surface area contributed by atoms with Gasteiger partial charge in [-0.05, 0) is 38.8 Å². The number of piperidine rings is 1. The van der Waals surface area contributed by atoms with Crippen LogP contribution in [-0.2, 0) is 9.59 Å². The average Bonchev–Trinajstić information content (AvgIpc) is 2.63. The van der Waals surface area contributed by atoms with Crippen LogP contribution in [0.2, 0.25) is 5.02 Å². The molecule has 0 bridgehead atoms.